The van der Waals surface area contributed by atoms with Crippen LogP contribution in [0, 0.1) is 0 Å². The maximum Gasteiger partial charge on any atom is 0.222 e. The summed E-state index contributed by atoms with van der Waals surface area (Å²) in [5.74, 6) is -0.00799. The van der Waals surface area contributed by atoms with Crippen LogP contribution in [0.1, 0.15) is 37.6 Å². The first-order valence-corrected chi connectivity index (χ1v) is 6.52. The van der Waals surface area contributed by atoms with Crippen molar-refractivity contribution in [2.75, 3.05) is 0 Å². The van der Waals surface area contributed by atoms with Crippen LogP contribution in [0.25, 0.3) is 0 Å². The third kappa shape index (κ3) is 4.12. The number of thiophene rings is 1. The van der Waals surface area contributed by atoms with Gasteiger partial charge in [0, 0.05) is 17.3 Å². The lowest BCUT2D eigenvalue weighted by molar-refractivity contribution is -0.122. The molecule has 1 rings (SSSR count). The first-order valence-electron chi connectivity index (χ1n) is 5.33. The summed E-state index contributed by atoms with van der Waals surface area (Å²) >= 11 is 7.37. The fraction of sp³-hybridized carbons (Fsp3) is 0.545. The number of hydrogen-bond acceptors (Lipinski definition) is 3. The summed E-state index contributed by atoms with van der Waals surface area (Å²) in [6.45, 7) is 3.85. The summed E-state index contributed by atoms with van der Waals surface area (Å²) in [5, 5.41) is 2.96. The SMILES string of the molecule is CCC(NC(=O)CC(C)N)c1ccc(Cl)s1. The zero-order valence-electron chi connectivity index (χ0n) is 9.50. The lowest BCUT2D eigenvalue weighted by atomic mass is 10.1. The molecule has 16 heavy (non-hydrogen) atoms. The van der Waals surface area contributed by atoms with E-state index in [2.05, 4.69) is 5.32 Å². The van der Waals surface area contributed by atoms with Crippen LogP contribution in [0.3, 0.4) is 0 Å². The van der Waals surface area contributed by atoms with Crippen LogP contribution >= 0.6 is 22.9 Å². The van der Waals surface area contributed by atoms with Gasteiger partial charge in [-0.05, 0) is 25.5 Å². The number of hydrogen-bond donors (Lipinski definition) is 2. The van der Waals surface area contributed by atoms with Crippen molar-refractivity contribution in [2.45, 2.75) is 38.8 Å². The molecular weight excluding hydrogens is 244 g/mol. The van der Waals surface area contributed by atoms with Gasteiger partial charge in [0.1, 0.15) is 0 Å². The first-order chi connectivity index (χ1) is 7.52. The van der Waals surface area contributed by atoms with Crippen molar-refractivity contribution in [2.24, 2.45) is 5.73 Å². The van der Waals surface area contributed by atoms with E-state index in [0.717, 1.165) is 15.6 Å². The number of amides is 1. The molecule has 0 saturated carbocycles. The second-order valence-electron chi connectivity index (χ2n) is 3.85. The van der Waals surface area contributed by atoms with Gasteiger partial charge < -0.3 is 11.1 Å². The van der Waals surface area contributed by atoms with Gasteiger partial charge in [-0.2, -0.15) is 0 Å². The van der Waals surface area contributed by atoms with E-state index in [1.165, 1.54) is 11.3 Å². The fourth-order valence-electron chi connectivity index (χ4n) is 1.44. The van der Waals surface area contributed by atoms with Crippen LogP contribution in [0.15, 0.2) is 12.1 Å². The molecule has 1 aromatic rings. The van der Waals surface area contributed by atoms with Crippen LogP contribution in [-0.2, 0) is 4.79 Å². The van der Waals surface area contributed by atoms with Gasteiger partial charge >= 0.3 is 0 Å². The average Bonchev–Trinajstić information content (AvgIpc) is 2.60. The highest BCUT2D eigenvalue weighted by Gasteiger charge is 2.15. The lowest BCUT2D eigenvalue weighted by Crippen LogP contribution is -2.32. The van der Waals surface area contributed by atoms with Crippen molar-refractivity contribution >= 4 is 28.8 Å². The Morgan fingerprint density at radius 1 is 1.62 bits per heavy atom. The minimum absolute atomic E-state index is 0.00799. The Balaban J connectivity index is 2.59. The van der Waals surface area contributed by atoms with Crippen LogP contribution in [-0.4, -0.2) is 11.9 Å². The van der Waals surface area contributed by atoms with Crippen molar-refractivity contribution in [3.8, 4) is 0 Å². The highest BCUT2D eigenvalue weighted by molar-refractivity contribution is 7.16. The molecule has 1 aromatic heterocycles. The zero-order valence-corrected chi connectivity index (χ0v) is 11.1. The molecule has 2 atom stereocenters. The third-order valence-corrected chi connectivity index (χ3v) is 3.53. The molecule has 90 valence electrons. The fourth-order valence-corrected chi connectivity index (χ4v) is 2.63. The molecule has 0 aromatic carbocycles. The number of nitrogens with two attached hydrogens (primary N) is 1. The average molecular weight is 261 g/mol. The normalized spacial score (nSPS) is 14.5. The van der Waals surface area contributed by atoms with Crippen molar-refractivity contribution in [3.63, 3.8) is 0 Å². The van der Waals surface area contributed by atoms with Crippen molar-refractivity contribution in [1.29, 1.82) is 0 Å². The molecule has 0 radical (unpaired) electrons. The minimum atomic E-state index is -0.107. The highest BCUT2D eigenvalue weighted by atomic mass is 35.5. The molecule has 1 heterocycles. The van der Waals surface area contributed by atoms with E-state index in [-0.39, 0.29) is 18.0 Å². The molecule has 0 aliphatic rings. The van der Waals surface area contributed by atoms with Crippen LogP contribution in [0.2, 0.25) is 4.34 Å². The number of rotatable bonds is 5. The molecule has 1 amide bonds. The van der Waals surface area contributed by atoms with Gasteiger partial charge in [0.2, 0.25) is 5.91 Å². The molecule has 0 aliphatic heterocycles. The molecule has 0 saturated heterocycles. The third-order valence-electron chi connectivity index (χ3n) is 2.19. The molecule has 0 bridgehead atoms. The zero-order chi connectivity index (χ0) is 12.1. The summed E-state index contributed by atoms with van der Waals surface area (Å²) in [4.78, 5) is 12.7. The Hall–Kier alpha value is -0.580. The summed E-state index contributed by atoms with van der Waals surface area (Å²) in [6.07, 6.45) is 1.21. The second kappa shape index (κ2) is 6.23. The summed E-state index contributed by atoms with van der Waals surface area (Å²) < 4.78 is 0.745. The van der Waals surface area contributed by atoms with Crippen molar-refractivity contribution in [3.05, 3.63) is 21.3 Å². The number of carbonyl (C=O) groups excluding carboxylic acids is 1. The first kappa shape index (κ1) is 13.5. The Morgan fingerprint density at radius 2 is 2.31 bits per heavy atom. The Morgan fingerprint density at radius 3 is 2.75 bits per heavy atom. The van der Waals surface area contributed by atoms with Gasteiger partial charge in [-0.15, -0.1) is 11.3 Å². The van der Waals surface area contributed by atoms with E-state index in [0.29, 0.717) is 6.42 Å². The van der Waals surface area contributed by atoms with Crippen LogP contribution in [0.5, 0.6) is 0 Å². The van der Waals surface area contributed by atoms with Crippen molar-refractivity contribution < 1.29 is 4.79 Å². The Kier molecular flexibility index (Phi) is 5.25. The van der Waals surface area contributed by atoms with Gasteiger partial charge in [-0.3, -0.25) is 4.79 Å². The summed E-state index contributed by atoms with van der Waals surface area (Å²) in [6, 6.07) is 3.74. The smallest absolute Gasteiger partial charge is 0.222 e. The molecule has 5 heteroatoms. The molecule has 2 unspecified atom stereocenters. The monoisotopic (exact) mass is 260 g/mol. The molecule has 0 aliphatic carbocycles. The Bertz CT molecular complexity index is 352. The van der Waals surface area contributed by atoms with Gasteiger partial charge in [-0.1, -0.05) is 18.5 Å². The molecular formula is C11H17ClN2OS. The predicted molar refractivity (Wildman–Crippen MR) is 68.8 cm³/mol. The summed E-state index contributed by atoms with van der Waals surface area (Å²) in [5.41, 5.74) is 5.57. The number of nitrogens with one attached hydrogen (secondary N) is 1. The molecule has 0 fully saturated rings. The summed E-state index contributed by atoms with van der Waals surface area (Å²) in [7, 11) is 0. The van der Waals surface area contributed by atoms with E-state index in [4.69, 9.17) is 17.3 Å². The maximum atomic E-state index is 11.6. The predicted octanol–water partition coefficient (Wildman–Crippen LogP) is 2.71. The van der Waals surface area contributed by atoms with Gasteiger partial charge in [0.25, 0.3) is 0 Å². The topological polar surface area (TPSA) is 55.1 Å². The minimum Gasteiger partial charge on any atom is -0.348 e. The highest BCUT2D eigenvalue weighted by Crippen LogP contribution is 2.28. The lowest BCUT2D eigenvalue weighted by Gasteiger charge is -2.16. The van der Waals surface area contributed by atoms with E-state index in [1.807, 2.05) is 26.0 Å². The van der Waals surface area contributed by atoms with Gasteiger partial charge in [0.15, 0.2) is 0 Å². The van der Waals surface area contributed by atoms with Gasteiger partial charge in [-0.25, -0.2) is 0 Å². The molecule has 3 N–H and O–H groups in total. The van der Waals surface area contributed by atoms with E-state index < -0.39 is 0 Å². The van der Waals surface area contributed by atoms with Crippen molar-refractivity contribution in [1.82, 2.24) is 5.32 Å². The van der Waals surface area contributed by atoms with E-state index in [1.54, 1.807) is 0 Å². The quantitative estimate of drug-likeness (QED) is 0.855. The molecule has 3 nitrogen and oxygen atoms in total. The van der Waals surface area contributed by atoms with Crippen LogP contribution in [0.4, 0.5) is 0 Å². The standard InChI is InChI=1S/C11H17ClN2OS/c1-3-8(9-4-5-10(12)16-9)14-11(15)6-7(2)13/h4-5,7-8H,3,6,13H2,1-2H3,(H,14,15). The van der Waals surface area contributed by atoms with Crippen LogP contribution < -0.4 is 11.1 Å². The largest absolute Gasteiger partial charge is 0.348 e. The Labute approximate surface area is 105 Å². The maximum absolute atomic E-state index is 11.6. The number of halogens is 1. The van der Waals surface area contributed by atoms with Gasteiger partial charge in [0.05, 0.1) is 10.4 Å². The van der Waals surface area contributed by atoms with E-state index >= 15 is 0 Å². The molecule has 0 spiro atoms. The second-order valence-corrected chi connectivity index (χ2v) is 5.60. The van der Waals surface area contributed by atoms with E-state index in [9.17, 15) is 4.79 Å². The number of carbonyl (C=O) groups is 1.